The van der Waals surface area contributed by atoms with Crippen molar-refractivity contribution >= 4 is 30.0 Å². The minimum absolute atomic E-state index is 0.0828. The van der Waals surface area contributed by atoms with Crippen LogP contribution in [-0.2, 0) is 37.0 Å². The number of anilines is 1. The van der Waals surface area contributed by atoms with E-state index < -0.39 is 37.1 Å². The van der Waals surface area contributed by atoms with Crippen molar-refractivity contribution in [1.82, 2.24) is 24.7 Å². The van der Waals surface area contributed by atoms with Gasteiger partial charge in [-0.1, -0.05) is 55.5 Å². The molecule has 0 bridgehead atoms. The van der Waals surface area contributed by atoms with Crippen molar-refractivity contribution in [3.8, 4) is 0 Å². The first-order valence-corrected chi connectivity index (χ1v) is 15.5. The van der Waals surface area contributed by atoms with Gasteiger partial charge in [-0.25, -0.2) is 19.2 Å². The smallest absolute Gasteiger partial charge is 0.384 e. The molecule has 1 saturated heterocycles. The maximum Gasteiger partial charge on any atom is 0.406 e. The maximum absolute atomic E-state index is 14.1. The summed E-state index contributed by atoms with van der Waals surface area (Å²) in [5.41, 5.74) is 8.14. The van der Waals surface area contributed by atoms with Gasteiger partial charge in [0.05, 0.1) is 12.3 Å². The lowest BCUT2D eigenvalue weighted by Crippen LogP contribution is -2.40. The number of rotatable bonds is 10. The SMILES string of the molecule is C[C@H]1[C@]2(O)[C@H](O[C@@]1(C)c1ccc3c(N)ncnn13)[C@@H]2OP(=O)(NCCc1c[nH]c2ccccc12)OCc1ccccc1. The normalized spacial score (nSPS) is 28.2. The number of nitrogens with one attached hydrogen (secondary N) is 2. The number of hydrogen-bond acceptors (Lipinski definition) is 8. The lowest BCUT2D eigenvalue weighted by atomic mass is 9.83. The molecule has 1 aliphatic carbocycles. The van der Waals surface area contributed by atoms with Crippen molar-refractivity contribution in [3.63, 3.8) is 0 Å². The molecule has 5 N–H and O–H groups in total. The van der Waals surface area contributed by atoms with Crippen LogP contribution >= 0.6 is 7.75 Å². The largest absolute Gasteiger partial charge is 0.406 e. The fourth-order valence-electron chi connectivity index (χ4n) is 6.20. The van der Waals surface area contributed by atoms with Crippen LogP contribution in [0.2, 0.25) is 0 Å². The van der Waals surface area contributed by atoms with Gasteiger partial charge in [-0.3, -0.25) is 9.05 Å². The minimum Gasteiger partial charge on any atom is -0.384 e. The van der Waals surface area contributed by atoms with E-state index in [0.29, 0.717) is 24.3 Å². The van der Waals surface area contributed by atoms with E-state index in [0.717, 1.165) is 27.7 Å². The Morgan fingerprint density at radius 2 is 1.95 bits per heavy atom. The summed E-state index contributed by atoms with van der Waals surface area (Å²) in [7, 11) is -3.87. The molecule has 1 unspecified atom stereocenters. The Kier molecular flexibility index (Phi) is 6.50. The second-order valence-electron chi connectivity index (χ2n) is 11.2. The predicted octanol–water partition coefficient (Wildman–Crippen LogP) is 4.33. The molecule has 3 aromatic heterocycles. The number of aliphatic hydroxyl groups is 1. The molecule has 1 saturated carbocycles. The zero-order chi connectivity index (χ0) is 29.1. The number of fused-ring (bicyclic) bond motifs is 3. The predicted molar refractivity (Wildman–Crippen MR) is 157 cm³/mol. The zero-order valence-electron chi connectivity index (χ0n) is 23.3. The maximum atomic E-state index is 14.1. The van der Waals surface area contributed by atoms with Gasteiger partial charge in [-0.15, -0.1) is 0 Å². The highest BCUT2D eigenvalue weighted by atomic mass is 31.2. The van der Waals surface area contributed by atoms with Crippen LogP contribution in [0.4, 0.5) is 5.82 Å². The standard InChI is InChI=1S/C30H33N6O5P/c1-19-29(2,25-13-12-24-28(31)33-18-34-36(24)25)40-26-27(30(19,26)37)41-42(38,39-17-20-8-4-3-5-9-20)35-15-14-21-16-32-23-11-7-6-10-22(21)23/h3-13,16,18-19,26-27,32,37H,14-15,17H2,1-2H3,(H,35,38)(H2,31,33,34)/t19-,26-,27+,29-,30+,42?/m1/s1. The third-order valence-electron chi connectivity index (χ3n) is 8.83. The van der Waals surface area contributed by atoms with Crippen molar-refractivity contribution in [2.75, 3.05) is 12.3 Å². The summed E-state index contributed by atoms with van der Waals surface area (Å²) in [6.45, 7) is 4.23. The molecule has 218 valence electrons. The van der Waals surface area contributed by atoms with Gasteiger partial charge in [0.2, 0.25) is 0 Å². The Morgan fingerprint density at radius 1 is 1.17 bits per heavy atom. The molecule has 5 aromatic rings. The van der Waals surface area contributed by atoms with E-state index in [1.807, 2.05) is 86.8 Å². The number of nitrogens with two attached hydrogens (primary N) is 1. The third kappa shape index (κ3) is 4.36. The topological polar surface area (TPSA) is 149 Å². The number of benzene rings is 2. The second kappa shape index (κ2) is 10.0. The number of nitrogen functional groups attached to an aromatic ring is 1. The van der Waals surface area contributed by atoms with E-state index in [9.17, 15) is 9.67 Å². The number of para-hydroxylation sites is 1. The summed E-state index contributed by atoms with van der Waals surface area (Å²) in [4.78, 5) is 7.32. The van der Waals surface area contributed by atoms with Crippen LogP contribution in [0.15, 0.2) is 79.3 Å². The lowest BCUT2D eigenvalue weighted by Gasteiger charge is -2.34. The summed E-state index contributed by atoms with van der Waals surface area (Å²) in [5.74, 6) is -0.0751. The van der Waals surface area contributed by atoms with Crippen LogP contribution in [0.1, 0.15) is 30.7 Å². The molecule has 42 heavy (non-hydrogen) atoms. The van der Waals surface area contributed by atoms with Gasteiger partial charge in [0, 0.05) is 29.6 Å². The Morgan fingerprint density at radius 3 is 2.74 bits per heavy atom. The molecule has 0 spiro atoms. The minimum atomic E-state index is -3.87. The van der Waals surface area contributed by atoms with Crippen LogP contribution in [0, 0.1) is 5.92 Å². The summed E-state index contributed by atoms with van der Waals surface area (Å²) < 4.78 is 34.3. The van der Waals surface area contributed by atoms with Gasteiger partial charge in [-0.05, 0) is 42.7 Å². The van der Waals surface area contributed by atoms with Gasteiger partial charge in [0.1, 0.15) is 35.3 Å². The van der Waals surface area contributed by atoms with Crippen molar-refractivity contribution in [1.29, 1.82) is 0 Å². The third-order valence-corrected chi connectivity index (χ3v) is 10.4. The summed E-state index contributed by atoms with van der Waals surface area (Å²) in [5, 5.41) is 20.3. The van der Waals surface area contributed by atoms with Crippen molar-refractivity contribution in [3.05, 3.63) is 96.1 Å². The van der Waals surface area contributed by atoms with E-state index in [4.69, 9.17) is 19.5 Å². The second-order valence-corrected chi connectivity index (χ2v) is 13.0. The zero-order valence-corrected chi connectivity index (χ0v) is 24.2. The molecule has 2 aliphatic rings. The molecule has 4 heterocycles. The van der Waals surface area contributed by atoms with Gasteiger partial charge in [0.25, 0.3) is 0 Å². The molecule has 0 radical (unpaired) electrons. The van der Waals surface area contributed by atoms with E-state index in [2.05, 4.69) is 20.2 Å². The Labute approximate surface area is 242 Å². The number of aromatic nitrogens is 4. The highest BCUT2D eigenvalue weighted by Gasteiger charge is 2.80. The van der Waals surface area contributed by atoms with E-state index >= 15 is 0 Å². The molecule has 7 rings (SSSR count). The molecule has 2 aromatic carbocycles. The highest BCUT2D eigenvalue weighted by Crippen LogP contribution is 2.66. The summed E-state index contributed by atoms with van der Waals surface area (Å²) in [6.07, 6.45) is 2.40. The highest BCUT2D eigenvalue weighted by molar-refractivity contribution is 7.51. The first-order chi connectivity index (χ1) is 20.2. The average molecular weight is 589 g/mol. The number of aromatic amines is 1. The van der Waals surface area contributed by atoms with Crippen molar-refractivity contribution in [2.24, 2.45) is 5.92 Å². The number of hydrogen-bond donors (Lipinski definition) is 4. The Hall–Kier alpha value is -3.57. The Bertz CT molecular complexity index is 1810. The first-order valence-electron chi connectivity index (χ1n) is 14.0. The molecule has 2 fully saturated rings. The lowest BCUT2D eigenvalue weighted by molar-refractivity contribution is -0.0799. The number of ether oxygens (including phenoxy) is 1. The van der Waals surface area contributed by atoms with Gasteiger partial charge >= 0.3 is 7.75 Å². The first kappa shape index (κ1) is 27.3. The van der Waals surface area contributed by atoms with Crippen LogP contribution in [0.5, 0.6) is 0 Å². The van der Waals surface area contributed by atoms with E-state index in [1.54, 1.807) is 4.52 Å². The fraction of sp³-hybridized carbons (Fsp3) is 0.333. The van der Waals surface area contributed by atoms with Crippen LogP contribution in [-0.4, -0.2) is 49.0 Å². The molecular formula is C30H33N6O5P. The monoisotopic (exact) mass is 588 g/mol. The summed E-state index contributed by atoms with van der Waals surface area (Å²) in [6, 6.07) is 21.2. The average Bonchev–Trinajstić information content (AvgIpc) is 3.41. The van der Waals surface area contributed by atoms with Crippen molar-refractivity contribution in [2.45, 2.75) is 50.3 Å². The van der Waals surface area contributed by atoms with Crippen LogP contribution < -0.4 is 10.8 Å². The molecule has 6 atom stereocenters. The van der Waals surface area contributed by atoms with Crippen LogP contribution in [0.3, 0.4) is 0 Å². The molecule has 0 amide bonds. The van der Waals surface area contributed by atoms with E-state index in [-0.39, 0.29) is 6.61 Å². The van der Waals surface area contributed by atoms with Gasteiger partial charge in [-0.2, -0.15) is 5.10 Å². The molecule has 1 aliphatic heterocycles. The van der Waals surface area contributed by atoms with E-state index in [1.165, 1.54) is 6.33 Å². The molecule has 11 nitrogen and oxygen atoms in total. The Balaban J connectivity index is 1.09. The molecule has 12 heteroatoms. The summed E-state index contributed by atoms with van der Waals surface area (Å²) >= 11 is 0. The fourth-order valence-corrected chi connectivity index (χ4v) is 7.71. The van der Waals surface area contributed by atoms with Gasteiger partial charge in [0.15, 0.2) is 5.82 Å². The van der Waals surface area contributed by atoms with Gasteiger partial charge < -0.3 is 20.6 Å². The molecular weight excluding hydrogens is 555 g/mol. The van der Waals surface area contributed by atoms with Crippen LogP contribution in [0.25, 0.3) is 16.4 Å². The quantitative estimate of drug-likeness (QED) is 0.175. The number of nitrogens with zero attached hydrogens (tertiary/aromatic N) is 3. The van der Waals surface area contributed by atoms with Crippen molar-refractivity contribution < 1.29 is 23.5 Å². The number of H-pyrrole nitrogens is 1.